The standard InChI is InChI=1S/C22H18N4O2/c23-18-10-8-16(9-11-18)21-14-26(25-24-21)13-15-4-3-5-17(12-15)19-6-1-2-7-20(19)22(27)28/h1-12,14H,13,23H2,(H,27,28). The molecule has 0 radical (unpaired) electrons. The minimum Gasteiger partial charge on any atom is -0.478 e. The van der Waals surface area contributed by atoms with Gasteiger partial charge in [0.05, 0.1) is 18.3 Å². The quantitative estimate of drug-likeness (QED) is 0.519. The van der Waals surface area contributed by atoms with Crippen LogP contribution in [0.5, 0.6) is 0 Å². The number of anilines is 1. The van der Waals surface area contributed by atoms with Gasteiger partial charge in [-0.2, -0.15) is 0 Å². The average molecular weight is 370 g/mol. The molecule has 3 aromatic carbocycles. The van der Waals surface area contributed by atoms with E-state index in [1.54, 1.807) is 16.8 Å². The van der Waals surface area contributed by atoms with Gasteiger partial charge in [0.2, 0.25) is 0 Å². The highest BCUT2D eigenvalue weighted by Crippen LogP contribution is 2.25. The molecule has 0 saturated heterocycles. The van der Waals surface area contributed by atoms with Crippen LogP contribution < -0.4 is 5.73 Å². The van der Waals surface area contributed by atoms with Crippen molar-refractivity contribution in [3.8, 4) is 22.4 Å². The zero-order valence-electron chi connectivity index (χ0n) is 15.0. The fraction of sp³-hybridized carbons (Fsp3) is 0.0455. The fourth-order valence-electron chi connectivity index (χ4n) is 3.11. The minimum absolute atomic E-state index is 0.283. The third-order valence-corrected chi connectivity index (χ3v) is 4.49. The Labute approximate surface area is 161 Å². The van der Waals surface area contributed by atoms with Gasteiger partial charge >= 0.3 is 5.97 Å². The van der Waals surface area contributed by atoms with Gasteiger partial charge in [0.15, 0.2) is 0 Å². The molecule has 1 heterocycles. The topological polar surface area (TPSA) is 94.0 Å². The highest BCUT2D eigenvalue weighted by molar-refractivity contribution is 5.96. The van der Waals surface area contributed by atoms with Gasteiger partial charge in [0.25, 0.3) is 0 Å². The summed E-state index contributed by atoms with van der Waals surface area (Å²) in [5, 5.41) is 17.9. The van der Waals surface area contributed by atoms with Gasteiger partial charge in [-0.1, -0.05) is 53.7 Å². The molecule has 0 aliphatic carbocycles. The predicted octanol–water partition coefficient (Wildman–Crippen LogP) is 3.94. The Balaban J connectivity index is 1.60. The third-order valence-electron chi connectivity index (χ3n) is 4.49. The number of aromatic nitrogens is 3. The smallest absolute Gasteiger partial charge is 0.336 e. The molecule has 0 atom stereocenters. The number of rotatable bonds is 5. The number of nitrogens with zero attached hydrogens (tertiary/aromatic N) is 3. The van der Waals surface area contributed by atoms with Crippen LogP contribution in [-0.4, -0.2) is 26.1 Å². The Bertz CT molecular complexity index is 1130. The number of carboxylic acid groups (broad SMARTS) is 1. The molecule has 0 unspecified atom stereocenters. The average Bonchev–Trinajstić information content (AvgIpc) is 3.17. The molecular weight excluding hydrogens is 352 g/mol. The lowest BCUT2D eigenvalue weighted by atomic mass is 9.98. The van der Waals surface area contributed by atoms with Crippen molar-refractivity contribution in [2.75, 3.05) is 5.73 Å². The molecule has 0 saturated carbocycles. The fourth-order valence-corrected chi connectivity index (χ4v) is 3.11. The van der Waals surface area contributed by atoms with Crippen LogP contribution in [0.15, 0.2) is 79.0 Å². The van der Waals surface area contributed by atoms with Crippen molar-refractivity contribution < 1.29 is 9.90 Å². The second kappa shape index (κ2) is 7.36. The first kappa shape index (κ1) is 17.5. The Morgan fingerprint density at radius 3 is 2.54 bits per heavy atom. The normalized spacial score (nSPS) is 10.7. The summed E-state index contributed by atoms with van der Waals surface area (Å²) >= 11 is 0. The first-order valence-corrected chi connectivity index (χ1v) is 8.78. The molecule has 6 nitrogen and oxygen atoms in total. The summed E-state index contributed by atoms with van der Waals surface area (Å²) in [5.74, 6) is -0.939. The number of aromatic carboxylic acids is 1. The van der Waals surface area contributed by atoms with Crippen LogP contribution in [0.3, 0.4) is 0 Å². The van der Waals surface area contributed by atoms with Gasteiger partial charge in [-0.05, 0) is 41.0 Å². The van der Waals surface area contributed by atoms with Crippen molar-refractivity contribution in [3.63, 3.8) is 0 Å². The van der Waals surface area contributed by atoms with Gasteiger partial charge < -0.3 is 10.8 Å². The van der Waals surface area contributed by atoms with Crippen LogP contribution in [-0.2, 0) is 6.54 Å². The number of nitrogen functional groups attached to an aromatic ring is 1. The van der Waals surface area contributed by atoms with Crippen molar-refractivity contribution in [2.45, 2.75) is 6.54 Å². The molecule has 1 aromatic heterocycles. The van der Waals surface area contributed by atoms with Gasteiger partial charge in [-0.15, -0.1) is 5.10 Å². The van der Waals surface area contributed by atoms with Gasteiger partial charge in [0, 0.05) is 11.3 Å². The summed E-state index contributed by atoms with van der Waals surface area (Å²) in [5.41, 5.74) is 11.0. The number of hydrogen-bond donors (Lipinski definition) is 2. The van der Waals surface area contributed by atoms with Gasteiger partial charge in [-0.25, -0.2) is 9.48 Å². The van der Waals surface area contributed by atoms with Crippen molar-refractivity contribution in [3.05, 3.63) is 90.1 Å². The Kier molecular flexibility index (Phi) is 4.60. The number of carboxylic acids is 1. The first-order chi connectivity index (χ1) is 13.6. The molecule has 138 valence electrons. The largest absolute Gasteiger partial charge is 0.478 e. The number of benzene rings is 3. The maximum atomic E-state index is 11.5. The van der Waals surface area contributed by atoms with Crippen LogP contribution >= 0.6 is 0 Å². The van der Waals surface area contributed by atoms with Gasteiger partial charge in [-0.3, -0.25) is 0 Å². The van der Waals surface area contributed by atoms with E-state index in [1.165, 1.54) is 0 Å². The Morgan fingerprint density at radius 2 is 1.75 bits per heavy atom. The highest BCUT2D eigenvalue weighted by Gasteiger charge is 2.11. The van der Waals surface area contributed by atoms with Crippen LogP contribution in [0.1, 0.15) is 15.9 Å². The van der Waals surface area contributed by atoms with E-state index in [9.17, 15) is 9.90 Å². The summed E-state index contributed by atoms with van der Waals surface area (Å²) in [6.45, 7) is 0.533. The second-order valence-electron chi connectivity index (χ2n) is 6.47. The molecule has 6 heteroatoms. The van der Waals surface area contributed by atoms with E-state index in [-0.39, 0.29) is 5.56 Å². The summed E-state index contributed by atoms with van der Waals surface area (Å²) < 4.78 is 1.76. The van der Waals surface area contributed by atoms with Gasteiger partial charge in [0.1, 0.15) is 5.69 Å². The van der Waals surface area contributed by atoms with Crippen molar-refractivity contribution in [1.82, 2.24) is 15.0 Å². The lowest BCUT2D eigenvalue weighted by molar-refractivity contribution is 0.0697. The van der Waals surface area contributed by atoms with Crippen LogP contribution in [0.25, 0.3) is 22.4 Å². The van der Waals surface area contributed by atoms with E-state index in [4.69, 9.17) is 5.73 Å². The number of nitrogens with two attached hydrogens (primary N) is 1. The summed E-state index contributed by atoms with van der Waals surface area (Å²) in [6.07, 6.45) is 1.88. The monoisotopic (exact) mass is 370 g/mol. The molecule has 4 aromatic rings. The SMILES string of the molecule is Nc1ccc(-c2cn(Cc3cccc(-c4ccccc4C(=O)O)c3)nn2)cc1. The van der Waals surface area contributed by atoms with E-state index < -0.39 is 5.97 Å². The molecule has 4 rings (SSSR count). The van der Waals surface area contributed by atoms with Crippen molar-refractivity contribution in [1.29, 1.82) is 0 Å². The maximum Gasteiger partial charge on any atom is 0.336 e. The van der Waals surface area contributed by atoms with Crippen molar-refractivity contribution >= 4 is 11.7 Å². The molecule has 28 heavy (non-hydrogen) atoms. The minimum atomic E-state index is -0.939. The first-order valence-electron chi connectivity index (χ1n) is 8.78. The second-order valence-corrected chi connectivity index (χ2v) is 6.47. The van der Waals surface area contributed by atoms with Crippen LogP contribution in [0, 0.1) is 0 Å². The van der Waals surface area contributed by atoms with Crippen molar-refractivity contribution in [2.24, 2.45) is 0 Å². The zero-order chi connectivity index (χ0) is 19.5. The lowest BCUT2D eigenvalue weighted by Crippen LogP contribution is -2.02. The van der Waals surface area contributed by atoms with E-state index in [0.29, 0.717) is 17.8 Å². The molecule has 0 spiro atoms. The van der Waals surface area contributed by atoms with E-state index in [2.05, 4.69) is 10.3 Å². The summed E-state index contributed by atoms with van der Waals surface area (Å²) in [7, 11) is 0. The zero-order valence-corrected chi connectivity index (χ0v) is 15.0. The third kappa shape index (κ3) is 3.61. The Morgan fingerprint density at radius 1 is 0.964 bits per heavy atom. The molecule has 0 fully saturated rings. The maximum absolute atomic E-state index is 11.5. The highest BCUT2D eigenvalue weighted by atomic mass is 16.4. The lowest BCUT2D eigenvalue weighted by Gasteiger charge is -2.08. The molecule has 0 aliphatic rings. The number of hydrogen-bond acceptors (Lipinski definition) is 4. The molecule has 0 bridgehead atoms. The molecule has 0 aliphatic heterocycles. The van der Waals surface area contributed by atoms with E-state index in [1.807, 2.05) is 66.9 Å². The predicted molar refractivity (Wildman–Crippen MR) is 108 cm³/mol. The number of carbonyl (C=O) groups is 1. The summed E-state index contributed by atoms with van der Waals surface area (Å²) in [4.78, 5) is 11.5. The summed E-state index contributed by atoms with van der Waals surface area (Å²) in [6, 6.07) is 22.3. The van der Waals surface area contributed by atoms with E-state index in [0.717, 1.165) is 22.4 Å². The Hall–Kier alpha value is -3.93. The van der Waals surface area contributed by atoms with Crippen LogP contribution in [0.2, 0.25) is 0 Å². The molecular formula is C22H18N4O2. The van der Waals surface area contributed by atoms with Crippen LogP contribution in [0.4, 0.5) is 5.69 Å². The van der Waals surface area contributed by atoms with E-state index >= 15 is 0 Å². The molecule has 0 amide bonds. The molecule has 3 N–H and O–H groups in total.